The smallest absolute Gasteiger partial charge is 0.219 e. The second-order valence-electron chi connectivity index (χ2n) is 4.21. The van der Waals surface area contributed by atoms with Gasteiger partial charge in [-0.15, -0.1) is 0 Å². The summed E-state index contributed by atoms with van der Waals surface area (Å²) in [5.74, 6) is 0. The number of sulfonamides is 1. The summed E-state index contributed by atoms with van der Waals surface area (Å²) in [4.78, 5) is 0. The number of ether oxygens (including phenoxy) is 2. The first-order valence-electron chi connectivity index (χ1n) is 4.87. The van der Waals surface area contributed by atoms with Gasteiger partial charge in [-0.05, 0) is 6.42 Å². The molecular weight excluding hydrogens is 333 g/mol. The van der Waals surface area contributed by atoms with Crippen molar-refractivity contribution in [2.45, 2.75) is 36.0 Å². The molecule has 0 amide bonds. The SMILES string of the molecule is CN1C2C(OCI)C3CC(C2O3)S1(=O)=O. The maximum absolute atomic E-state index is 11.9. The number of hydrogen-bond acceptors (Lipinski definition) is 4. The Bertz CT molecular complexity index is 386. The van der Waals surface area contributed by atoms with E-state index in [1.807, 2.05) is 0 Å². The first-order valence-corrected chi connectivity index (χ1v) is 7.90. The summed E-state index contributed by atoms with van der Waals surface area (Å²) in [5, 5.41) is -0.327. The minimum atomic E-state index is -3.14. The molecule has 0 aromatic rings. The Kier molecular flexibility index (Phi) is 2.34. The molecular formula is C8H12INO4S. The number of likely N-dealkylation sites (N-methyl/N-ethyl adjacent to an activating group) is 1. The molecule has 86 valence electrons. The van der Waals surface area contributed by atoms with E-state index in [1.165, 1.54) is 4.31 Å². The lowest BCUT2D eigenvalue weighted by atomic mass is 9.92. The normalized spacial score (nSPS) is 51.5. The number of nitrogens with zero attached hydrogens (tertiary/aromatic N) is 1. The highest BCUT2D eigenvalue weighted by Crippen LogP contribution is 2.48. The lowest BCUT2D eigenvalue weighted by Gasteiger charge is -2.24. The van der Waals surface area contributed by atoms with Crippen LogP contribution in [-0.4, -0.2) is 54.0 Å². The number of rotatable bonds is 2. The highest BCUT2D eigenvalue weighted by molar-refractivity contribution is 14.1. The first-order chi connectivity index (χ1) is 7.07. The van der Waals surface area contributed by atoms with Crippen LogP contribution in [0.1, 0.15) is 6.42 Å². The summed E-state index contributed by atoms with van der Waals surface area (Å²) in [6, 6.07) is -0.103. The summed E-state index contributed by atoms with van der Waals surface area (Å²) in [6.07, 6.45) is 0.317. The summed E-state index contributed by atoms with van der Waals surface area (Å²) >= 11 is 2.13. The van der Waals surface area contributed by atoms with Crippen LogP contribution in [0.2, 0.25) is 0 Å². The van der Waals surface area contributed by atoms with E-state index in [0.717, 1.165) is 0 Å². The molecule has 0 spiro atoms. The fourth-order valence-electron chi connectivity index (χ4n) is 2.99. The Morgan fingerprint density at radius 3 is 3.00 bits per heavy atom. The van der Waals surface area contributed by atoms with Gasteiger partial charge in [-0.3, -0.25) is 0 Å². The third-order valence-corrected chi connectivity index (χ3v) is 6.29. The van der Waals surface area contributed by atoms with Gasteiger partial charge < -0.3 is 9.47 Å². The van der Waals surface area contributed by atoms with Crippen molar-refractivity contribution in [1.82, 2.24) is 4.31 Å². The van der Waals surface area contributed by atoms with Gasteiger partial charge in [0.2, 0.25) is 10.0 Å². The summed E-state index contributed by atoms with van der Waals surface area (Å²) in [5.41, 5.74) is 0. The highest BCUT2D eigenvalue weighted by atomic mass is 127. The van der Waals surface area contributed by atoms with Crippen LogP contribution in [0.3, 0.4) is 0 Å². The molecule has 5 nitrogen and oxygen atoms in total. The van der Waals surface area contributed by atoms with Crippen molar-refractivity contribution in [3.63, 3.8) is 0 Å². The van der Waals surface area contributed by atoms with Crippen LogP contribution in [0, 0.1) is 0 Å². The topological polar surface area (TPSA) is 55.8 Å². The predicted molar refractivity (Wildman–Crippen MR) is 61.3 cm³/mol. The van der Waals surface area contributed by atoms with Gasteiger partial charge in [-0.1, -0.05) is 22.6 Å². The Labute approximate surface area is 102 Å². The van der Waals surface area contributed by atoms with Crippen molar-refractivity contribution in [1.29, 1.82) is 0 Å². The second kappa shape index (κ2) is 3.28. The minimum Gasteiger partial charge on any atom is -0.369 e. The molecule has 3 rings (SSSR count). The molecule has 0 N–H and O–H groups in total. The zero-order valence-corrected chi connectivity index (χ0v) is 11.1. The lowest BCUT2D eigenvalue weighted by Crippen LogP contribution is -2.44. The second-order valence-corrected chi connectivity index (χ2v) is 7.04. The van der Waals surface area contributed by atoms with Gasteiger partial charge in [0, 0.05) is 7.05 Å². The highest BCUT2D eigenvalue weighted by Gasteiger charge is 2.67. The fraction of sp³-hybridized carbons (Fsp3) is 1.00. The summed E-state index contributed by atoms with van der Waals surface area (Å²) in [7, 11) is -1.50. The van der Waals surface area contributed by atoms with Gasteiger partial charge in [0.05, 0.1) is 22.9 Å². The minimum absolute atomic E-state index is 0.0282. The lowest BCUT2D eigenvalue weighted by molar-refractivity contribution is 0.0146. The fourth-order valence-corrected chi connectivity index (χ4v) is 5.41. The molecule has 5 atom stereocenters. The quantitative estimate of drug-likeness (QED) is 0.520. The Morgan fingerprint density at radius 1 is 1.60 bits per heavy atom. The van der Waals surface area contributed by atoms with E-state index in [2.05, 4.69) is 22.6 Å². The van der Waals surface area contributed by atoms with Gasteiger partial charge >= 0.3 is 0 Å². The van der Waals surface area contributed by atoms with Crippen molar-refractivity contribution < 1.29 is 17.9 Å². The molecule has 5 unspecified atom stereocenters. The number of hydrogen-bond donors (Lipinski definition) is 0. The average molecular weight is 345 g/mol. The van der Waals surface area contributed by atoms with Crippen molar-refractivity contribution >= 4 is 32.6 Å². The molecule has 3 aliphatic rings. The zero-order chi connectivity index (χ0) is 10.8. The number of fused-ring (bicyclic) bond motifs is 1. The van der Waals surface area contributed by atoms with Gasteiger partial charge in [0.25, 0.3) is 0 Å². The van der Waals surface area contributed by atoms with Crippen molar-refractivity contribution in [2.75, 3.05) is 11.7 Å². The summed E-state index contributed by atoms with van der Waals surface area (Å²) in [6.45, 7) is 0. The van der Waals surface area contributed by atoms with Gasteiger partial charge in [0.15, 0.2) is 0 Å². The molecule has 3 heterocycles. The molecule has 3 aliphatic heterocycles. The van der Waals surface area contributed by atoms with Crippen LogP contribution in [0.15, 0.2) is 0 Å². The monoisotopic (exact) mass is 345 g/mol. The van der Waals surface area contributed by atoms with Crippen LogP contribution < -0.4 is 0 Å². The third-order valence-electron chi connectivity index (χ3n) is 3.66. The standard InChI is InChI=1S/C8H12INO4S/c1-10-6-7(13-3-9)4-2-5(8(6)14-4)15(10,11)12/h4-8H,2-3H2,1H3. The van der Waals surface area contributed by atoms with Gasteiger partial charge in [-0.2, -0.15) is 4.31 Å². The Hall–Kier alpha value is 0.560. The van der Waals surface area contributed by atoms with E-state index in [1.54, 1.807) is 7.05 Å². The van der Waals surface area contributed by atoms with Crippen molar-refractivity contribution in [3.05, 3.63) is 0 Å². The van der Waals surface area contributed by atoms with E-state index in [9.17, 15) is 8.42 Å². The molecule has 7 heteroatoms. The van der Waals surface area contributed by atoms with Gasteiger partial charge in [-0.25, -0.2) is 8.42 Å². The van der Waals surface area contributed by atoms with E-state index in [0.29, 0.717) is 11.0 Å². The number of halogens is 1. The Balaban J connectivity index is 1.99. The van der Waals surface area contributed by atoms with Crippen LogP contribution in [0.5, 0.6) is 0 Å². The molecule has 3 fully saturated rings. The molecule has 0 saturated carbocycles. The number of alkyl halides is 1. The van der Waals surface area contributed by atoms with Crippen LogP contribution in [0.25, 0.3) is 0 Å². The largest absolute Gasteiger partial charge is 0.369 e. The van der Waals surface area contributed by atoms with E-state index < -0.39 is 10.0 Å². The predicted octanol–water partition coefficient (Wildman–Crippen LogP) is -0.0524. The van der Waals surface area contributed by atoms with E-state index >= 15 is 0 Å². The van der Waals surface area contributed by atoms with Gasteiger partial charge in [0.1, 0.15) is 11.4 Å². The van der Waals surface area contributed by atoms with Crippen LogP contribution in [0.4, 0.5) is 0 Å². The van der Waals surface area contributed by atoms with E-state index in [4.69, 9.17) is 9.47 Å². The maximum atomic E-state index is 11.9. The molecule has 0 aromatic carbocycles. The summed E-state index contributed by atoms with van der Waals surface area (Å²) < 4.78 is 37.2. The Morgan fingerprint density at radius 2 is 2.33 bits per heavy atom. The van der Waals surface area contributed by atoms with Crippen molar-refractivity contribution in [2.24, 2.45) is 0 Å². The third kappa shape index (κ3) is 1.21. The van der Waals surface area contributed by atoms with Crippen molar-refractivity contribution in [3.8, 4) is 0 Å². The zero-order valence-electron chi connectivity index (χ0n) is 8.17. The average Bonchev–Trinajstić information content (AvgIpc) is 2.77. The first kappa shape index (κ1) is 10.7. The molecule has 0 aliphatic carbocycles. The molecule has 2 bridgehead atoms. The molecule has 0 radical (unpaired) electrons. The van der Waals surface area contributed by atoms with E-state index in [-0.39, 0.29) is 29.6 Å². The van der Waals surface area contributed by atoms with Crippen LogP contribution in [-0.2, 0) is 19.5 Å². The van der Waals surface area contributed by atoms with Crippen LogP contribution >= 0.6 is 22.6 Å². The molecule has 0 aromatic heterocycles. The maximum Gasteiger partial charge on any atom is 0.219 e. The molecule has 3 saturated heterocycles. The molecule has 15 heavy (non-hydrogen) atoms.